The van der Waals surface area contributed by atoms with E-state index in [1.54, 1.807) is 0 Å². The predicted molar refractivity (Wildman–Crippen MR) is 98.6 cm³/mol. The van der Waals surface area contributed by atoms with Crippen molar-refractivity contribution in [3.63, 3.8) is 0 Å². The Balaban J connectivity index is 1.80. The second kappa shape index (κ2) is 7.09. The van der Waals surface area contributed by atoms with Crippen LogP contribution in [-0.4, -0.2) is 17.8 Å². The normalized spacial score (nSPS) is 16.8. The molecule has 3 rings (SSSR count). The molecule has 2 aromatic carbocycles. The first kappa shape index (κ1) is 15.9. The van der Waals surface area contributed by atoms with Crippen molar-refractivity contribution in [1.82, 2.24) is 0 Å². The topological polar surface area (TPSA) is 32.3 Å². The van der Waals surface area contributed by atoms with Gasteiger partial charge >= 0.3 is 6.03 Å². The van der Waals surface area contributed by atoms with Gasteiger partial charge < -0.3 is 5.32 Å². The molecular formula is C19H22N2OS. The van der Waals surface area contributed by atoms with Gasteiger partial charge in [-0.25, -0.2) is 4.79 Å². The van der Waals surface area contributed by atoms with Crippen molar-refractivity contribution in [3.05, 3.63) is 54.1 Å². The predicted octanol–water partition coefficient (Wildman–Crippen LogP) is 5.17. The summed E-state index contributed by atoms with van der Waals surface area (Å²) in [6.45, 7) is 5.04. The van der Waals surface area contributed by atoms with Crippen molar-refractivity contribution in [2.45, 2.75) is 36.8 Å². The van der Waals surface area contributed by atoms with Crippen LogP contribution in [0.5, 0.6) is 0 Å². The van der Waals surface area contributed by atoms with Crippen molar-refractivity contribution in [1.29, 1.82) is 0 Å². The maximum Gasteiger partial charge on any atom is 0.326 e. The van der Waals surface area contributed by atoms with Crippen LogP contribution in [0.25, 0.3) is 0 Å². The molecule has 1 unspecified atom stereocenters. The molecule has 1 N–H and O–H groups in total. The number of nitrogens with zero attached hydrogens (tertiary/aromatic N) is 1. The summed E-state index contributed by atoms with van der Waals surface area (Å²) < 4.78 is 0. The number of carbonyl (C=O) groups is 1. The van der Waals surface area contributed by atoms with E-state index in [9.17, 15) is 4.79 Å². The molecule has 2 amide bonds. The minimum atomic E-state index is -0.0551. The number of rotatable bonds is 3. The Kier molecular flexibility index (Phi) is 4.91. The number of amides is 2. The Hall–Kier alpha value is -1.94. The lowest BCUT2D eigenvalue weighted by molar-refractivity contribution is 0.256. The summed E-state index contributed by atoms with van der Waals surface area (Å²) in [7, 11) is 0. The van der Waals surface area contributed by atoms with Crippen LogP contribution in [0.1, 0.15) is 25.8 Å². The van der Waals surface area contributed by atoms with Crippen LogP contribution in [0.4, 0.5) is 16.2 Å². The van der Waals surface area contributed by atoms with Crippen LogP contribution < -0.4 is 10.2 Å². The largest absolute Gasteiger partial charge is 0.326 e. The van der Waals surface area contributed by atoms with Gasteiger partial charge in [-0.2, -0.15) is 0 Å². The molecule has 3 nitrogen and oxygen atoms in total. The number of para-hydroxylation sites is 1. The lowest BCUT2D eigenvalue weighted by Crippen LogP contribution is -2.41. The Bertz CT molecular complexity index is 684. The summed E-state index contributed by atoms with van der Waals surface area (Å²) in [5.41, 5.74) is 3.12. The van der Waals surface area contributed by atoms with Gasteiger partial charge in [-0.1, -0.05) is 38.1 Å². The SMILES string of the molecule is CCc1ccc(NC(=O)N2CC(CC)Sc3ccccc32)cc1. The van der Waals surface area contributed by atoms with E-state index in [4.69, 9.17) is 0 Å². The van der Waals surface area contributed by atoms with Crippen molar-refractivity contribution < 1.29 is 4.79 Å². The fourth-order valence-corrected chi connectivity index (χ4v) is 3.92. The first-order chi connectivity index (χ1) is 11.2. The standard InChI is InChI=1S/C19H22N2OS/c1-3-14-9-11-15(12-10-14)20-19(22)21-13-16(4-2)23-18-8-6-5-7-17(18)21/h5-12,16H,3-4,13H2,1-2H3,(H,20,22). The molecule has 23 heavy (non-hydrogen) atoms. The van der Waals surface area contributed by atoms with Crippen LogP contribution in [0.2, 0.25) is 0 Å². The van der Waals surface area contributed by atoms with Gasteiger partial charge in [0, 0.05) is 22.4 Å². The van der Waals surface area contributed by atoms with Gasteiger partial charge in [-0.05, 0) is 42.7 Å². The highest BCUT2D eigenvalue weighted by Crippen LogP contribution is 2.39. The second-order valence-electron chi connectivity index (χ2n) is 5.71. The van der Waals surface area contributed by atoms with E-state index in [0.717, 1.165) is 30.8 Å². The zero-order valence-electron chi connectivity index (χ0n) is 13.6. The molecule has 4 heteroatoms. The van der Waals surface area contributed by atoms with Gasteiger partial charge in [0.25, 0.3) is 0 Å². The van der Waals surface area contributed by atoms with E-state index in [1.807, 2.05) is 47.0 Å². The molecule has 1 atom stereocenters. The smallest absolute Gasteiger partial charge is 0.308 e. The molecule has 0 spiro atoms. The number of aryl methyl sites for hydroxylation is 1. The summed E-state index contributed by atoms with van der Waals surface area (Å²) in [6, 6.07) is 16.1. The highest BCUT2D eigenvalue weighted by atomic mass is 32.2. The monoisotopic (exact) mass is 326 g/mol. The van der Waals surface area contributed by atoms with Crippen LogP contribution in [0.15, 0.2) is 53.4 Å². The molecule has 1 heterocycles. The zero-order valence-corrected chi connectivity index (χ0v) is 14.4. The Labute approximate surface area is 142 Å². The van der Waals surface area contributed by atoms with E-state index >= 15 is 0 Å². The van der Waals surface area contributed by atoms with Crippen LogP contribution in [-0.2, 0) is 6.42 Å². The lowest BCUT2D eigenvalue weighted by Gasteiger charge is -2.33. The Morgan fingerprint density at radius 2 is 1.91 bits per heavy atom. The third-order valence-electron chi connectivity index (χ3n) is 4.15. The van der Waals surface area contributed by atoms with Gasteiger partial charge in [-0.3, -0.25) is 4.90 Å². The highest BCUT2D eigenvalue weighted by Gasteiger charge is 2.28. The number of hydrogen-bond acceptors (Lipinski definition) is 2. The summed E-state index contributed by atoms with van der Waals surface area (Å²) in [5.74, 6) is 0. The molecule has 0 saturated heterocycles. The minimum Gasteiger partial charge on any atom is -0.308 e. The second-order valence-corrected chi connectivity index (χ2v) is 7.05. The Morgan fingerprint density at radius 3 is 2.61 bits per heavy atom. The van der Waals surface area contributed by atoms with Gasteiger partial charge in [0.1, 0.15) is 0 Å². The van der Waals surface area contributed by atoms with E-state index in [2.05, 4.69) is 37.4 Å². The maximum absolute atomic E-state index is 12.8. The van der Waals surface area contributed by atoms with Crippen LogP contribution in [0, 0.1) is 0 Å². The number of urea groups is 1. The van der Waals surface area contributed by atoms with E-state index in [1.165, 1.54) is 10.5 Å². The number of carbonyl (C=O) groups excluding carboxylic acids is 1. The first-order valence-electron chi connectivity index (χ1n) is 8.14. The fraction of sp³-hybridized carbons (Fsp3) is 0.316. The van der Waals surface area contributed by atoms with Crippen molar-refractivity contribution in [3.8, 4) is 0 Å². The Morgan fingerprint density at radius 1 is 1.17 bits per heavy atom. The number of thioether (sulfide) groups is 1. The molecule has 1 aliphatic heterocycles. The van der Waals surface area contributed by atoms with Gasteiger partial charge in [-0.15, -0.1) is 11.8 Å². The molecule has 0 radical (unpaired) electrons. The summed E-state index contributed by atoms with van der Waals surface area (Å²) in [4.78, 5) is 15.8. The average Bonchev–Trinajstić information content (AvgIpc) is 2.61. The third kappa shape index (κ3) is 3.53. The molecule has 120 valence electrons. The molecule has 2 aromatic rings. The van der Waals surface area contributed by atoms with Crippen molar-refractivity contribution in [2.75, 3.05) is 16.8 Å². The number of fused-ring (bicyclic) bond motifs is 1. The molecule has 0 saturated carbocycles. The molecular weight excluding hydrogens is 304 g/mol. The van der Waals surface area contributed by atoms with Crippen LogP contribution in [0.3, 0.4) is 0 Å². The van der Waals surface area contributed by atoms with Gasteiger partial charge in [0.05, 0.1) is 5.69 Å². The first-order valence-corrected chi connectivity index (χ1v) is 9.02. The summed E-state index contributed by atoms with van der Waals surface area (Å²) >= 11 is 1.87. The van der Waals surface area contributed by atoms with E-state index in [0.29, 0.717) is 5.25 Å². The minimum absolute atomic E-state index is 0.0551. The molecule has 0 aliphatic carbocycles. The number of anilines is 2. The number of nitrogens with one attached hydrogen (secondary N) is 1. The number of hydrogen-bond donors (Lipinski definition) is 1. The van der Waals surface area contributed by atoms with Crippen molar-refractivity contribution in [2.24, 2.45) is 0 Å². The molecule has 1 aliphatic rings. The van der Waals surface area contributed by atoms with Crippen molar-refractivity contribution >= 4 is 29.2 Å². The molecule has 0 fully saturated rings. The summed E-state index contributed by atoms with van der Waals surface area (Å²) in [5, 5.41) is 3.47. The molecule has 0 bridgehead atoms. The van der Waals surface area contributed by atoms with E-state index in [-0.39, 0.29) is 6.03 Å². The quantitative estimate of drug-likeness (QED) is 0.843. The summed E-state index contributed by atoms with van der Waals surface area (Å²) in [6.07, 6.45) is 2.05. The highest BCUT2D eigenvalue weighted by molar-refractivity contribution is 8.00. The zero-order chi connectivity index (χ0) is 16.2. The fourth-order valence-electron chi connectivity index (χ4n) is 2.72. The van der Waals surface area contributed by atoms with Gasteiger partial charge in [0.15, 0.2) is 0 Å². The van der Waals surface area contributed by atoms with Gasteiger partial charge in [0.2, 0.25) is 0 Å². The molecule has 0 aromatic heterocycles. The number of benzene rings is 2. The third-order valence-corrected chi connectivity index (χ3v) is 5.56. The average molecular weight is 326 g/mol. The van der Waals surface area contributed by atoms with Crippen LogP contribution >= 0.6 is 11.8 Å². The van der Waals surface area contributed by atoms with E-state index < -0.39 is 0 Å². The maximum atomic E-state index is 12.8. The lowest BCUT2D eigenvalue weighted by atomic mass is 10.1.